The summed E-state index contributed by atoms with van der Waals surface area (Å²) in [5.41, 5.74) is 2.06. The molecular weight excluding hydrogens is 260 g/mol. The molecule has 1 atom stereocenters. The molecular formula is C15H13ClN2O. The van der Waals surface area contributed by atoms with Crippen LogP contribution in [0, 0.1) is 11.3 Å². The molecule has 3 nitrogen and oxygen atoms in total. The van der Waals surface area contributed by atoms with Crippen molar-refractivity contribution in [1.29, 1.82) is 5.26 Å². The Labute approximate surface area is 117 Å². The second-order valence-electron chi connectivity index (χ2n) is 4.11. The maximum absolute atomic E-state index is 10.0. The van der Waals surface area contributed by atoms with Crippen LogP contribution in [0.5, 0.6) is 0 Å². The first-order valence-corrected chi connectivity index (χ1v) is 6.25. The molecule has 0 aliphatic rings. The summed E-state index contributed by atoms with van der Waals surface area (Å²) in [6.07, 6.45) is -0.649. The molecule has 19 heavy (non-hydrogen) atoms. The van der Waals surface area contributed by atoms with Crippen LogP contribution in [0.15, 0.2) is 48.5 Å². The van der Waals surface area contributed by atoms with Crippen molar-refractivity contribution in [1.82, 2.24) is 0 Å². The van der Waals surface area contributed by atoms with E-state index in [1.165, 1.54) is 0 Å². The summed E-state index contributed by atoms with van der Waals surface area (Å²) in [6, 6.07) is 16.3. The van der Waals surface area contributed by atoms with Crippen molar-refractivity contribution in [2.45, 2.75) is 6.10 Å². The van der Waals surface area contributed by atoms with E-state index in [0.29, 0.717) is 17.1 Å². The number of anilines is 1. The molecule has 0 saturated heterocycles. The molecule has 0 radical (unpaired) electrons. The minimum Gasteiger partial charge on any atom is -0.387 e. The Morgan fingerprint density at radius 3 is 2.53 bits per heavy atom. The first-order valence-electron chi connectivity index (χ1n) is 5.87. The number of halogens is 1. The molecule has 0 aliphatic carbocycles. The van der Waals surface area contributed by atoms with Gasteiger partial charge in [-0.3, -0.25) is 0 Å². The van der Waals surface area contributed by atoms with Crippen LogP contribution < -0.4 is 5.32 Å². The molecule has 2 aromatic carbocycles. The topological polar surface area (TPSA) is 56.0 Å². The average Bonchev–Trinajstić information content (AvgIpc) is 2.45. The summed E-state index contributed by atoms with van der Waals surface area (Å²) in [4.78, 5) is 0. The van der Waals surface area contributed by atoms with Gasteiger partial charge in [0.15, 0.2) is 0 Å². The lowest BCUT2D eigenvalue weighted by molar-refractivity contribution is 0.191. The van der Waals surface area contributed by atoms with E-state index in [1.54, 1.807) is 36.4 Å². The number of nitrogens with one attached hydrogen (secondary N) is 1. The second-order valence-corrected chi connectivity index (χ2v) is 4.54. The smallest absolute Gasteiger partial charge is 0.101 e. The molecule has 4 heteroatoms. The maximum atomic E-state index is 10.0. The lowest BCUT2D eigenvalue weighted by atomic mass is 10.1. The van der Waals surface area contributed by atoms with E-state index >= 15 is 0 Å². The zero-order valence-electron chi connectivity index (χ0n) is 10.2. The molecule has 2 N–H and O–H groups in total. The molecule has 0 fully saturated rings. The van der Waals surface area contributed by atoms with Crippen LogP contribution >= 0.6 is 11.6 Å². The Morgan fingerprint density at radius 1 is 1.16 bits per heavy atom. The van der Waals surface area contributed by atoms with Gasteiger partial charge in [-0.15, -0.1) is 0 Å². The largest absolute Gasteiger partial charge is 0.387 e. The quantitative estimate of drug-likeness (QED) is 0.897. The summed E-state index contributed by atoms with van der Waals surface area (Å²) in [7, 11) is 0. The zero-order chi connectivity index (χ0) is 13.7. The standard InChI is InChI=1S/C15H13ClN2O/c16-13-7-5-11(6-8-13)15(19)10-18-14-4-2-1-3-12(14)9-17/h1-8,15,18-19H,10H2. The van der Waals surface area contributed by atoms with Gasteiger partial charge < -0.3 is 10.4 Å². The summed E-state index contributed by atoms with van der Waals surface area (Å²) in [5, 5.41) is 22.7. The lowest BCUT2D eigenvalue weighted by Crippen LogP contribution is -2.12. The van der Waals surface area contributed by atoms with E-state index in [9.17, 15) is 5.11 Å². The van der Waals surface area contributed by atoms with E-state index in [4.69, 9.17) is 16.9 Å². The van der Waals surface area contributed by atoms with E-state index in [-0.39, 0.29) is 0 Å². The Hall–Kier alpha value is -2.02. The number of rotatable bonds is 4. The molecule has 0 aromatic heterocycles. The molecule has 1 unspecified atom stereocenters. The van der Waals surface area contributed by atoms with Crippen LogP contribution in [-0.2, 0) is 0 Å². The van der Waals surface area contributed by atoms with Gasteiger partial charge in [0.1, 0.15) is 6.07 Å². The first-order chi connectivity index (χ1) is 9.20. The molecule has 0 saturated carbocycles. The summed E-state index contributed by atoms with van der Waals surface area (Å²) < 4.78 is 0. The summed E-state index contributed by atoms with van der Waals surface area (Å²) in [6.45, 7) is 0.334. The number of benzene rings is 2. The van der Waals surface area contributed by atoms with Crippen molar-refractivity contribution >= 4 is 17.3 Å². The van der Waals surface area contributed by atoms with Crippen molar-refractivity contribution in [2.24, 2.45) is 0 Å². The number of hydrogen-bond acceptors (Lipinski definition) is 3. The molecule has 2 aromatic rings. The van der Waals surface area contributed by atoms with E-state index in [1.807, 2.05) is 12.1 Å². The Kier molecular flexibility index (Phi) is 4.40. The minimum absolute atomic E-state index is 0.334. The molecule has 0 amide bonds. The van der Waals surface area contributed by atoms with Gasteiger partial charge in [-0.2, -0.15) is 5.26 Å². The van der Waals surface area contributed by atoms with Gasteiger partial charge in [-0.05, 0) is 29.8 Å². The normalized spacial score (nSPS) is 11.6. The van der Waals surface area contributed by atoms with Gasteiger partial charge in [-0.1, -0.05) is 35.9 Å². The Morgan fingerprint density at radius 2 is 1.84 bits per heavy atom. The zero-order valence-corrected chi connectivity index (χ0v) is 10.9. The van der Waals surface area contributed by atoms with Gasteiger partial charge in [0.05, 0.1) is 17.4 Å². The van der Waals surface area contributed by atoms with Crippen LogP contribution in [0.4, 0.5) is 5.69 Å². The highest BCUT2D eigenvalue weighted by Gasteiger charge is 2.08. The fourth-order valence-corrected chi connectivity index (χ4v) is 1.87. The van der Waals surface area contributed by atoms with Crippen LogP contribution in [-0.4, -0.2) is 11.7 Å². The van der Waals surface area contributed by atoms with Gasteiger partial charge in [-0.25, -0.2) is 0 Å². The molecule has 0 bridgehead atoms. The third kappa shape index (κ3) is 3.47. The van der Waals surface area contributed by atoms with Gasteiger partial charge in [0.2, 0.25) is 0 Å². The van der Waals surface area contributed by atoms with Crippen LogP contribution in [0.2, 0.25) is 5.02 Å². The lowest BCUT2D eigenvalue weighted by Gasteiger charge is -2.14. The second kappa shape index (κ2) is 6.24. The minimum atomic E-state index is -0.649. The summed E-state index contributed by atoms with van der Waals surface area (Å²) >= 11 is 5.80. The monoisotopic (exact) mass is 272 g/mol. The van der Waals surface area contributed by atoms with Crippen molar-refractivity contribution in [3.63, 3.8) is 0 Å². The molecule has 96 valence electrons. The predicted octanol–water partition coefficient (Wildman–Crippen LogP) is 3.36. The number of nitriles is 1. The first kappa shape index (κ1) is 13.4. The highest BCUT2D eigenvalue weighted by molar-refractivity contribution is 6.30. The van der Waals surface area contributed by atoms with Crippen molar-refractivity contribution in [3.8, 4) is 6.07 Å². The van der Waals surface area contributed by atoms with Gasteiger partial charge >= 0.3 is 0 Å². The molecule has 0 heterocycles. The Bertz CT molecular complexity index is 590. The molecule has 2 rings (SSSR count). The average molecular weight is 273 g/mol. The number of aliphatic hydroxyl groups is 1. The highest BCUT2D eigenvalue weighted by Crippen LogP contribution is 2.19. The number of hydrogen-bond donors (Lipinski definition) is 2. The third-order valence-corrected chi connectivity index (χ3v) is 3.04. The number of nitrogens with zero attached hydrogens (tertiary/aromatic N) is 1. The van der Waals surface area contributed by atoms with Crippen LogP contribution in [0.25, 0.3) is 0 Å². The van der Waals surface area contributed by atoms with Crippen LogP contribution in [0.3, 0.4) is 0 Å². The fourth-order valence-electron chi connectivity index (χ4n) is 1.74. The van der Waals surface area contributed by atoms with Crippen molar-refractivity contribution in [2.75, 3.05) is 11.9 Å². The van der Waals surface area contributed by atoms with Crippen molar-refractivity contribution < 1.29 is 5.11 Å². The fraction of sp³-hybridized carbons (Fsp3) is 0.133. The van der Waals surface area contributed by atoms with E-state index in [2.05, 4.69) is 11.4 Å². The SMILES string of the molecule is N#Cc1ccccc1NCC(O)c1ccc(Cl)cc1. The molecule has 0 spiro atoms. The van der Waals surface area contributed by atoms with E-state index in [0.717, 1.165) is 11.3 Å². The summed E-state index contributed by atoms with van der Waals surface area (Å²) in [5.74, 6) is 0. The van der Waals surface area contributed by atoms with Gasteiger partial charge in [0, 0.05) is 11.6 Å². The van der Waals surface area contributed by atoms with Crippen LogP contribution in [0.1, 0.15) is 17.2 Å². The number of aliphatic hydroxyl groups excluding tert-OH is 1. The van der Waals surface area contributed by atoms with E-state index < -0.39 is 6.10 Å². The highest BCUT2D eigenvalue weighted by atomic mass is 35.5. The number of para-hydroxylation sites is 1. The van der Waals surface area contributed by atoms with Crippen molar-refractivity contribution in [3.05, 3.63) is 64.7 Å². The third-order valence-electron chi connectivity index (χ3n) is 2.79. The maximum Gasteiger partial charge on any atom is 0.101 e. The van der Waals surface area contributed by atoms with Gasteiger partial charge in [0.25, 0.3) is 0 Å². The predicted molar refractivity (Wildman–Crippen MR) is 76.1 cm³/mol. The molecule has 0 aliphatic heterocycles. The Balaban J connectivity index is 2.02.